The summed E-state index contributed by atoms with van der Waals surface area (Å²) in [5, 5.41) is 1.64. The van der Waals surface area contributed by atoms with Crippen molar-refractivity contribution in [3.8, 4) is 23.0 Å². The predicted octanol–water partition coefficient (Wildman–Crippen LogP) is -9.26. The number of hydrogen-bond donors (Lipinski definition) is 0. The van der Waals surface area contributed by atoms with Gasteiger partial charge in [-0.25, -0.2) is 52.8 Å². The first-order valence-corrected chi connectivity index (χ1v) is 32.4. The molecule has 0 saturated carbocycles. The van der Waals surface area contributed by atoms with Crippen LogP contribution in [0.1, 0.15) is 75.6 Å². The Hall–Kier alpha value is -2.68. The van der Waals surface area contributed by atoms with Crippen molar-refractivity contribution in [1.29, 1.82) is 0 Å². The van der Waals surface area contributed by atoms with Crippen LogP contribution in [0.25, 0.3) is 21.5 Å². The molecule has 4 aromatic carbocycles. The molecule has 0 spiro atoms. The SMILES string of the molecule is CC12N3Cc4c(c(OCCCS(=O)(=O)[O-])c5ccccc5c4OCCCS(=O)(=O)[O-])CN1C(=O)N1CN4C(=O)N5Cc6c(c(OCCCS(=O)(=O)[O-])c7ccccc7c6OCCCS(=O)(=O)[O-])CN6C(=O)N(CN(C3=O)C12C)C4(C)C65C.[Na+].[Na+].[Na+].[Na+]. The van der Waals surface area contributed by atoms with Crippen LogP contribution < -0.4 is 137 Å². The predicted molar refractivity (Wildman–Crippen MR) is 281 cm³/mol. The van der Waals surface area contributed by atoms with E-state index in [2.05, 4.69) is 0 Å². The van der Waals surface area contributed by atoms with Crippen molar-refractivity contribution in [1.82, 2.24) is 39.2 Å². The summed E-state index contributed by atoms with van der Waals surface area (Å²) < 4.78 is 165. The number of hydrogen-bond acceptors (Lipinski definition) is 20. The molecule has 0 aromatic heterocycles. The third-order valence-electron chi connectivity index (χ3n) is 17.5. The normalized spacial score (nSPS) is 23.7. The Morgan fingerprint density at radius 3 is 0.733 bits per heavy atom. The van der Waals surface area contributed by atoms with Crippen LogP contribution in [0.2, 0.25) is 0 Å². The number of ether oxygens (including phenoxy) is 4. The zero-order chi connectivity index (χ0) is 59.1. The van der Waals surface area contributed by atoms with Gasteiger partial charge in [0, 0.05) is 66.8 Å². The molecular formula is C50H56N8Na4O20S4. The van der Waals surface area contributed by atoms with E-state index >= 15 is 19.2 Å². The van der Waals surface area contributed by atoms with Crippen molar-refractivity contribution in [2.45, 2.75) is 102 Å². The van der Waals surface area contributed by atoms with Gasteiger partial charge in [-0.15, -0.1) is 0 Å². The van der Waals surface area contributed by atoms with Gasteiger partial charge in [-0.3, -0.25) is 39.2 Å². The van der Waals surface area contributed by atoms with Crippen LogP contribution in [-0.2, 0) is 66.7 Å². The summed E-state index contributed by atoms with van der Waals surface area (Å²) in [5.41, 5.74) is -5.50. The third-order valence-corrected chi connectivity index (χ3v) is 20.6. The molecule has 86 heavy (non-hydrogen) atoms. The molecule has 7 aliphatic rings. The number of urea groups is 4. The van der Waals surface area contributed by atoms with Gasteiger partial charge < -0.3 is 37.2 Å². The van der Waals surface area contributed by atoms with E-state index in [1.807, 2.05) is 0 Å². The average Bonchev–Trinajstić information content (AvgIpc) is 1.48. The van der Waals surface area contributed by atoms with Crippen LogP contribution in [0.3, 0.4) is 0 Å². The van der Waals surface area contributed by atoms with Gasteiger partial charge in [0.15, 0.2) is 22.7 Å². The maximum Gasteiger partial charge on any atom is 1.00 e. The van der Waals surface area contributed by atoms with Crippen LogP contribution >= 0.6 is 0 Å². The molecule has 5 saturated heterocycles. The monoisotopic (exact) mass is 1310 g/mol. The van der Waals surface area contributed by atoms with Gasteiger partial charge in [0.2, 0.25) is 0 Å². The van der Waals surface area contributed by atoms with E-state index < -0.39 is 124 Å². The molecule has 0 N–H and O–H groups in total. The van der Waals surface area contributed by atoms with Crippen molar-refractivity contribution in [3.63, 3.8) is 0 Å². The molecule has 8 amide bonds. The van der Waals surface area contributed by atoms with E-state index in [1.54, 1.807) is 76.2 Å². The van der Waals surface area contributed by atoms with Gasteiger partial charge >= 0.3 is 142 Å². The van der Waals surface area contributed by atoms with Crippen LogP contribution in [0.4, 0.5) is 19.2 Å². The topological polar surface area (TPSA) is 360 Å². The van der Waals surface area contributed by atoms with Gasteiger partial charge in [0.25, 0.3) is 0 Å². The van der Waals surface area contributed by atoms with E-state index in [0.717, 1.165) is 0 Å². The third kappa shape index (κ3) is 11.5. The molecule has 7 heterocycles. The number of nitrogens with zero attached hydrogens (tertiary/aromatic N) is 8. The number of rotatable bonds is 20. The minimum absolute atomic E-state index is 0. The molecule has 0 radical (unpaired) electrons. The molecule has 7 aliphatic heterocycles. The molecule has 36 heteroatoms. The molecule has 444 valence electrons. The first kappa shape index (κ1) is 70.8. The van der Waals surface area contributed by atoms with Crippen LogP contribution in [0.15, 0.2) is 48.5 Å². The van der Waals surface area contributed by atoms with Gasteiger partial charge in [0.05, 0.1) is 93.1 Å². The van der Waals surface area contributed by atoms with Gasteiger partial charge in [-0.05, 0) is 53.4 Å². The molecular weight excluding hydrogens is 1250 g/mol. The maximum atomic E-state index is 15.8. The fourth-order valence-corrected chi connectivity index (χ4v) is 15.1. The molecule has 0 aliphatic carbocycles. The van der Waals surface area contributed by atoms with Crippen LogP contribution in [0, 0.1) is 0 Å². The molecule has 11 rings (SSSR count). The smallest absolute Gasteiger partial charge is 0.748 e. The zero-order valence-electron chi connectivity index (χ0n) is 48.7. The van der Waals surface area contributed by atoms with Crippen LogP contribution in [0.5, 0.6) is 23.0 Å². The Balaban J connectivity index is 0.00000264. The maximum absolute atomic E-state index is 15.8. The summed E-state index contributed by atoms with van der Waals surface area (Å²) in [6.45, 7) is 3.28. The van der Waals surface area contributed by atoms with E-state index in [1.165, 1.54) is 39.2 Å². The standard InChI is InChI=1S/C50H60N8O20S4.4Na/c1-47-49(3)55-29-57-45(61)53-27-37-38(42(78-20-12-24-82(72,73)74)34-16-8-7-15-33(34)41(37)77-19-11-23-81(69,70)71)28-54-46(62)58(50(57,4)48(53,54)2)30-56(49)44(60)52(47)26-36-35(25-51(47)43(55)59)39(75-17-9-21-79(63,64)65)31-13-5-6-14-32(31)40(36)76-18-10-22-80(66,67)68;;;;/h5-8,13-16H,9-12,17-30H2,1-4H3,(H,63,64,65)(H,66,67,68)(H,69,70,71)(H,72,73,74);;;;/q;4*+1/p-4. The Labute approximate surface area is 585 Å². The summed E-state index contributed by atoms with van der Waals surface area (Å²) in [4.78, 5) is 74.5. The summed E-state index contributed by atoms with van der Waals surface area (Å²) in [5.74, 6) is -2.34. The molecule has 0 unspecified atom stereocenters. The van der Waals surface area contributed by atoms with Gasteiger partial charge in [0.1, 0.15) is 36.3 Å². The van der Waals surface area contributed by atoms with E-state index in [4.69, 9.17) is 18.9 Å². The molecule has 4 aromatic rings. The molecule has 0 atom stereocenters. The Morgan fingerprint density at radius 1 is 0.360 bits per heavy atom. The van der Waals surface area contributed by atoms with E-state index in [9.17, 15) is 51.9 Å². The Kier molecular flexibility index (Phi) is 20.6. The van der Waals surface area contributed by atoms with Gasteiger partial charge in [-0.1, -0.05) is 48.5 Å². The average molecular weight is 1310 g/mol. The quantitative estimate of drug-likeness (QED) is 0.0450. The number of benzene rings is 4. The first-order valence-electron chi connectivity index (χ1n) is 26.1. The minimum Gasteiger partial charge on any atom is -0.748 e. The van der Waals surface area contributed by atoms with Crippen molar-refractivity contribution >= 4 is 86.1 Å². The molecule has 0 bridgehead atoms. The fourth-order valence-electron chi connectivity index (χ4n) is 13.2. The minimum atomic E-state index is -4.65. The van der Waals surface area contributed by atoms with Crippen molar-refractivity contribution in [3.05, 3.63) is 70.8 Å². The Morgan fingerprint density at radius 2 is 0.547 bits per heavy atom. The molecule has 28 nitrogen and oxygen atoms in total. The second-order valence-electron chi connectivity index (χ2n) is 21.7. The van der Waals surface area contributed by atoms with E-state index in [-0.39, 0.29) is 220 Å². The largest absolute Gasteiger partial charge is 1.00 e. The second kappa shape index (κ2) is 25.1. The second-order valence-corrected chi connectivity index (χ2v) is 27.8. The number of carbonyl (C=O) groups is 4. The summed E-state index contributed by atoms with van der Waals surface area (Å²) in [6, 6.07) is 10.8. The van der Waals surface area contributed by atoms with Gasteiger partial charge in [-0.2, -0.15) is 0 Å². The zero-order valence-corrected chi connectivity index (χ0v) is 60.0. The number of fused-ring (bicyclic) bond motifs is 4. The van der Waals surface area contributed by atoms with Crippen molar-refractivity contribution in [2.24, 2.45) is 0 Å². The van der Waals surface area contributed by atoms with E-state index in [0.29, 0.717) is 43.8 Å². The summed E-state index contributed by atoms with van der Waals surface area (Å²) >= 11 is 0. The van der Waals surface area contributed by atoms with Crippen molar-refractivity contribution < 1.29 is 208 Å². The number of amides is 8. The summed E-state index contributed by atoms with van der Waals surface area (Å²) in [6.07, 6.45) is -0.865. The molecule has 5 fully saturated rings. The summed E-state index contributed by atoms with van der Waals surface area (Å²) in [7, 11) is -18.6. The number of carbonyl (C=O) groups excluding carboxylic acids is 4. The first-order chi connectivity index (χ1) is 38.4. The Bertz CT molecular complexity index is 3430. The van der Waals surface area contributed by atoms with Crippen molar-refractivity contribution in [2.75, 3.05) is 62.8 Å². The fraction of sp³-hybridized carbons (Fsp3) is 0.520. The van der Waals surface area contributed by atoms with Crippen LogP contribution in [-0.4, -0.2) is 201 Å².